The molecular formula is C19H32ClN3O3S. The van der Waals surface area contributed by atoms with Crippen molar-refractivity contribution >= 4 is 28.3 Å². The topological polar surface area (TPSA) is 92.5 Å². The summed E-state index contributed by atoms with van der Waals surface area (Å²) in [5, 5.41) is 2.88. The maximum Gasteiger partial charge on any atom is 0.243 e. The zero-order valence-corrected chi connectivity index (χ0v) is 18.3. The van der Waals surface area contributed by atoms with Crippen molar-refractivity contribution in [3.8, 4) is 0 Å². The first-order valence-electron chi connectivity index (χ1n) is 9.25. The fourth-order valence-electron chi connectivity index (χ4n) is 3.51. The molecule has 1 aromatic carbocycles. The fourth-order valence-corrected chi connectivity index (χ4v) is 5.56. The SMILES string of the molecule is Cc1cc(C)c(C)c(S(=O)(=O)N2CCC(C(=O)NCCCN)CC2)c1C.Cl. The van der Waals surface area contributed by atoms with E-state index >= 15 is 0 Å². The third-order valence-corrected chi connectivity index (χ3v) is 7.57. The van der Waals surface area contributed by atoms with Gasteiger partial charge in [-0.2, -0.15) is 4.31 Å². The molecule has 1 fully saturated rings. The van der Waals surface area contributed by atoms with Crippen LogP contribution in [-0.4, -0.2) is 44.8 Å². The first kappa shape index (κ1) is 23.9. The van der Waals surface area contributed by atoms with Crippen LogP contribution in [-0.2, 0) is 14.8 Å². The number of hydrogen-bond acceptors (Lipinski definition) is 4. The average molecular weight is 418 g/mol. The summed E-state index contributed by atoms with van der Waals surface area (Å²) in [6, 6.07) is 2.03. The zero-order valence-electron chi connectivity index (χ0n) is 16.7. The molecule has 1 aliphatic heterocycles. The Kier molecular flexibility index (Phi) is 8.73. The average Bonchev–Trinajstić information content (AvgIpc) is 2.60. The van der Waals surface area contributed by atoms with Crippen LogP contribution in [0.2, 0.25) is 0 Å². The van der Waals surface area contributed by atoms with Crippen molar-refractivity contribution < 1.29 is 13.2 Å². The number of nitrogens with zero attached hydrogens (tertiary/aromatic N) is 1. The van der Waals surface area contributed by atoms with E-state index in [9.17, 15) is 13.2 Å². The molecule has 0 unspecified atom stereocenters. The summed E-state index contributed by atoms with van der Waals surface area (Å²) in [7, 11) is -3.55. The fraction of sp³-hybridized carbons (Fsp3) is 0.632. The Morgan fingerprint density at radius 2 is 1.67 bits per heavy atom. The standard InChI is InChI=1S/C19H31N3O3S.ClH/c1-13-12-14(2)16(4)18(15(13)3)26(24,25)22-10-6-17(7-11-22)19(23)21-9-5-8-20;/h12,17H,5-11,20H2,1-4H3,(H,21,23);1H. The van der Waals surface area contributed by atoms with Crippen LogP contribution >= 0.6 is 12.4 Å². The van der Waals surface area contributed by atoms with E-state index in [1.54, 1.807) is 0 Å². The van der Waals surface area contributed by atoms with Crippen molar-refractivity contribution in [2.75, 3.05) is 26.2 Å². The second-order valence-electron chi connectivity index (χ2n) is 7.20. The number of halogens is 1. The van der Waals surface area contributed by atoms with E-state index in [4.69, 9.17) is 5.73 Å². The van der Waals surface area contributed by atoms with E-state index in [1.807, 2.05) is 33.8 Å². The van der Waals surface area contributed by atoms with Crippen molar-refractivity contribution in [1.29, 1.82) is 0 Å². The molecule has 2 rings (SSSR count). The van der Waals surface area contributed by atoms with Crippen LogP contribution in [0, 0.1) is 33.6 Å². The van der Waals surface area contributed by atoms with E-state index in [1.165, 1.54) is 4.31 Å². The molecule has 0 saturated carbocycles. The molecule has 1 aromatic rings. The van der Waals surface area contributed by atoms with Gasteiger partial charge in [-0.1, -0.05) is 6.07 Å². The summed E-state index contributed by atoms with van der Waals surface area (Å²) in [6.45, 7) is 9.50. The van der Waals surface area contributed by atoms with Gasteiger partial charge >= 0.3 is 0 Å². The van der Waals surface area contributed by atoms with E-state index in [-0.39, 0.29) is 24.2 Å². The number of carbonyl (C=O) groups is 1. The summed E-state index contributed by atoms with van der Waals surface area (Å²) < 4.78 is 28.0. The maximum absolute atomic E-state index is 13.2. The molecule has 3 N–H and O–H groups in total. The van der Waals surface area contributed by atoms with Gasteiger partial charge in [0, 0.05) is 25.6 Å². The van der Waals surface area contributed by atoms with Crippen molar-refractivity contribution in [1.82, 2.24) is 9.62 Å². The Labute approximate surface area is 169 Å². The van der Waals surface area contributed by atoms with Crippen LogP contribution in [0.4, 0.5) is 0 Å². The molecular weight excluding hydrogens is 386 g/mol. The van der Waals surface area contributed by atoms with Gasteiger partial charge in [-0.25, -0.2) is 8.42 Å². The molecule has 27 heavy (non-hydrogen) atoms. The quantitative estimate of drug-likeness (QED) is 0.694. The van der Waals surface area contributed by atoms with Crippen LogP contribution in [0.5, 0.6) is 0 Å². The largest absolute Gasteiger partial charge is 0.356 e. The molecule has 0 aliphatic carbocycles. The minimum absolute atomic E-state index is 0. The lowest BCUT2D eigenvalue weighted by Gasteiger charge is -2.31. The Bertz CT molecular complexity index is 747. The van der Waals surface area contributed by atoms with Gasteiger partial charge in [0.05, 0.1) is 4.90 Å². The number of nitrogens with one attached hydrogen (secondary N) is 1. The van der Waals surface area contributed by atoms with Gasteiger partial charge in [0.15, 0.2) is 0 Å². The number of hydrogen-bond donors (Lipinski definition) is 2. The summed E-state index contributed by atoms with van der Waals surface area (Å²) in [5.41, 5.74) is 9.04. The smallest absolute Gasteiger partial charge is 0.243 e. The Balaban J connectivity index is 0.00000364. The number of piperidine rings is 1. The second-order valence-corrected chi connectivity index (χ2v) is 9.08. The Morgan fingerprint density at radius 3 is 2.15 bits per heavy atom. The molecule has 0 radical (unpaired) electrons. The lowest BCUT2D eigenvalue weighted by molar-refractivity contribution is -0.126. The summed E-state index contributed by atoms with van der Waals surface area (Å²) >= 11 is 0. The van der Waals surface area contributed by atoms with Crippen LogP contribution in [0.15, 0.2) is 11.0 Å². The van der Waals surface area contributed by atoms with Gasteiger partial charge in [0.1, 0.15) is 0 Å². The molecule has 0 atom stereocenters. The van der Waals surface area contributed by atoms with Crippen molar-refractivity contribution in [2.24, 2.45) is 11.7 Å². The van der Waals surface area contributed by atoms with Gasteiger partial charge in [0.2, 0.25) is 15.9 Å². The minimum atomic E-state index is -3.55. The van der Waals surface area contributed by atoms with E-state index in [2.05, 4.69) is 5.32 Å². The molecule has 0 spiro atoms. The molecule has 0 bridgehead atoms. The lowest BCUT2D eigenvalue weighted by Crippen LogP contribution is -2.43. The first-order valence-corrected chi connectivity index (χ1v) is 10.7. The highest BCUT2D eigenvalue weighted by Gasteiger charge is 2.34. The van der Waals surface area contributed by atoms with E-state index in [0.29, 0.717) is 43.9 Å². The number of sulfonamides is 1. The van der Waals surface area contributed by atoms with Gasteiger partial charge in [-0.05, 0) is 75.8 Å². The number of rotatable bonds is 6. The number of nitrogens with two attached hydrogens (primary N) is 1. The molecule has 154 valence electrons. The molecule has 1 aliphatic rings. The highest BCUT2D eigenvalue weighted by Crippen LogP contribution is 2.31. The third kappa shape index (κ3) is 5.22. The summed E-state index contributed by atoms with van der Waals surface area (Å²) in [6.07, 6.45) is 1.86. The van der Waals surface area contributed by atoms with Gasteiger partial charge < -0.3 is 11.1 Å². The van der Waals surface area contributed by atoms with Gasteiger partial charge in [-0.3, -0.25) is 4.79 Å². The van der Waals surface area contributed by atoms with Crippen LogP contribution in [0.1, 0.15) is 41.5 Å². The molecule has 1 saturated heterocycles. The second kappa shape index (κ2) is 9.87. The maximum atomic E-state index is 13.2. The number of carbonyl (C=O) groups excluding carboxylic acids is 1. The predicted molar refractivity (Wildman–Crippen MR) is 111 cm³/mol. The number of amides is 1. The Morgan fingerprint density at radius 1 is 1.15 bits per heavy atom. The molecule has 1 amide bonds. The zero-order chi connectivity index (χ0) is 19.5. The summed E-state index contributed by atoms with van der Waals surface area (Å²) in [5.74, 6) is -0.116. The molecule has 1 heterocycles. The van der Waals surface area contributed by atoms with Crippen LogP contribution in [0.25, 0.3) is 0 Å². The highest BCUT2D eigenvalue weighted by molar-refractivity contribution is 7.89. The number of benzene rings is 1. The van der Waals surface area contributed by atoms with E-state index in [0.717, 1.165) is 28.7 Å². The van der Waals surface area contributed by atoms with Crippen LogP contribution < -0.4 is 11.1 Å². The predicted octanol–water partition coefficient (Wildman–Crippen LogP) is 2.21. The highest BCUT2D eigenvalue weighted by atomic mass is 35.5. The minimum Gasteiger partial charge on any atom is -0.356 e. The monoisotopic (exact) mass is 417 g/mol. The van der Waals surface area contributed by atoms with Crippen LogP contribution in [0.3, 0.4) is 0 Å². The summed E-state index contributed by atoms with van der Waals surface area (Å²) in [4.78, 5) is 12.6. The van der Waals surface area contributed by atoms with Gasteiger partial charge in [0.25, 0.3) is 0 Å². The van der Waals surface area contributed by atoms with Gasteiger partial charge in [-0.15, -0.1) is 12.4 Å². The van der Waals surface area contributed by atoms with E-state index < -0.39 is 10.0 Å². The van der Waals surface area contributed by atoms with Crippen molar-refractivity contribution in [3.63, 3.8) is 0 Å². The molecule has 0 aromatic heterocycles. The third-order valence-electron chi connectivity index (χ3n) is 5.40. The first-order chi connectivity index (χ1) is 12.2. The van der Waals surface area contributed by atoms with Crippen molar-refractivity contribution in [3.05, 3.63) is 28.3 Å². The Hall–Kier alpha value is -1.15. The van der Waals surface area contributed by atoms with Crippen molar-refractivity contribution in [2.45, 2.75) is 51.9 Å². The number of aryl methyl sites for hydroxylation is 2. The normalized spacial score (nSPS) is 16.0. The molecule has 8 heteroatoms. The lowest BCUT2D eigenvalue weighted by atomic mass is 9.97. The molecule has 6 nitrogen and oxygen atoms in total.